The Morgan fingerprint density at radius 3 is 2.35 bits per heavy atom. The largest absolute Gasteiger partial charge is 0.475 e. The predicted octanol–water partition coefficient (Wildman–Crippen LogP) is 2.31. The molecule has 5 nitrogen and oxygen atoms in total. The predicted molar refractivity (Wildman–Crippen MR) is 60.3 cm³/mol. The number of nitrogens with zero attached hydrogens (tertiary/aromatic N) is 1. The summed E-state index contributed by atoms with van der Waals surface area (Å²) >= 11 is 0. The summed E-state index contributed by atoms with van der Waals surface area (Å²) < 4.78 is 42.1. The van der Waals surface area contributed by atoms with Crippen LogP contribution in [-0.2, 0) is 0 Å². The summed E-state index contributed by atoms with van der Waals surface area (Å²) in [6, 6.07) is 2.31. The number of amides is 1. The van der Waals surface area contributed by atoms with Crippen molar-refractivity contribution in [3.8, 4) is 0 Å². The van der Waals surface area contributed by atoms with E-state index in [1.54, 1.807) is 0 Å². The van der Waals surface area contributed by atoms with Crippen molar-refractivity contribution in [1.29, 1.82) is 0 Å². The monoisotopic (exact) mass is 289 g/mol. The average Bonchev–Trinajstić information content (AvgIpc) is 2.86. The van der Waals surface area contributed by atoms with Crippen LogP contribution in [0.15, 0.2) is 28.2 Å². The number of furan rings is 1. The fraction of sp³-hybridized carbons (Fsp3) is 0.333. The van der Waals surface area contributed by atoms with Gasteiger partial charge in [-0.1, -0.05) is 6.08 Å². The smallest absolute Gasteiger partial charge is 0.412 e. The van der Waals surface area contributed by atoms with Crippen molar-refractivity contribution in [3.05, 3.63) is 35.3 Å². The zero-order valence-corrected chi connectivity index (χ0v) is 10.1. The zero-order valence-electron chi connectivity index (χ0n) is 10.1. The molecule has 0 unspecified atom stereocenters. The number of carboxylic acid groups (broad SMARTS) is 1. The maximum atomic E-state index is 12.4. The van der Waals surface area contributed by atoms with Crippen LogP contribution in [0, 0.1) is 0 Å². The Balaban J connectivity index is 2.08. The molecule has 0 atom stereocenters. The van der Waals surface area contributed by atoms with Gasteiger partial charge in [-0.05, 0) is 18.6 Å². The molecular weight excluding hydrogens is 279 g/mol. The van der Waals surface area contributed by atoms with Gasteiger partial charge in [-0.3, -0.25) is 4.79 Å². The molecule has 1 aliphatic rings. The fourth-order valence-corrected chi connectivity index (χ4v) is 1.83. The number of rotatable bonds is 2. The van der Waals surface area contributed by atoms with E-state index >= 15 is 0 Å². The van der Waals surface area contributed by atoms with E-state index < -0.39 is 29.4 Å². The van der Waals surface area contributed by atoms with E-state index in [4.69, 9.17) is 9.52 Å². The number of hydrogen-bond acceptors (Lipinski definition) is 3. The fourth-order valence-electron chi connectivity index (χ4n) is 1.83. The van der Waals surface area contributed by atoms with Crippen molar-refractivity contribution < 1.29 is 32.3 Å². The molecule has 1 aromatic heterocycles. The van der Waals surface area contributed by atoms with Crippen molar-refractivity contribution >= 4 is 11.9 Å². The summed E-state index contributed by atoms with van der Waals surface area (Å²) in [6.07, 6.45) is -3.72. The number of carboxylic acids is 1. The van der Waals surface area contributed by atoms with Crippen molar-refractivity contribution in [2.75, 3.05) is 13.1 Å². The van der Waals surface area contributed by atoms with E-state index in [1.165, 1.54) is 11.0 Å². The number of aromatic carboxylic acids is 1. The maximum absolute atomic E-state index is 12.4. The molecule has 108 valence electrons. The van der Waals surface area contributed by atoms with Crippen LogP contribution in [0.4, 0.5) is 13.2 Å². The van der Waals surface area contributed by atoms with Crippen LogP contribution in [-0.4, -0.2) is 41.1 Å². The second-order valence-corrected chi connectivity index (χ2v) is 4.20. The molecule has 0 spiro atoms. The molecule has 0 aromatic carbocycles. The number of carbonyl (C=O) groups is 2. The molecule has 1 amide bonds. The van der Waals surface area contributed by atoms with Crippen LogP contribution in [0.5, 0.6) is 0 Å². The summed E-state index contributed by atoms with van der Waals surface area (Å²) in [6.45, 7) is -0.274. The third kappa shape index (κ3) is 2.84. The van der Waals surface area contributed by atoms with Crippen LogP contribution in [0.3, 0.4) is 0 Å². The molecule has 20 heavy (non-hydrogen) atoms. The number of alkyl halides is 3. The van der Waals surface area contributed by atoms with E-state index in [1.807, 2.05) is 0 Å². The standard InChI is InChI=1S/C12H10F3NO4/c13-12(14,15)7-3-5-16(6-4-7)10(17)8-1-2-9(20-8)11(18)19/h1-3H,4-6H2,(H,18,19). The summed E-state index contributed by atoms with van der Waals surface area (Å²) in [5.41, 5.74) is -0.660. The molecule has 0 saturated carbocycles. The van der Waals surface area contributed by atoms with E-state index in [-0.39, 0.29) is 25.3 Å². The first-order chi connectivity index (χ1) is 9.29. The molecule has 2 rings (SSSR count). The number of halogens is 3. The molecule has 0 aliphatic carbocycles. The quantitative estimate of drug-likeness (QED) is 0.848. The Morgan fingerprint density at radius 2 is 1.90 bits per heavy atom. The van der Waals surface area contributed by atoms with Crippen LogP contribution in [0.25, 0.3) is 0 Å². The van der Waals surface area contributed by atoms with Crippen molar-refractivity contribution in [3.63, 3.8) is 0 Å². The molecule has 1 N–H and O–H groups in total. The van der Waals surface area contributed by atoms with Crippen molar-refractivity contribution in [2.24, 2.45) is 0 Å². The molecule has 0 radical (unpaired) electrons. The van der Waals surface area contributed by atoms with Gasteiger partial charge in [-0.25, -0.2) is 4.79 Å². The first-order valence-corrected chi connectivity index (χ1v) is 5.67. The number of carbonyl (C=O) groups excluding carboxylic acids is 1. The van der Waals surface area contributed by atoms with Crippen LogP contribution >= 0.6 is 0 Å². The van der Waals surface area contributed by atoms with Gasteiger partial charge in [0, 0.05) is 18.7 Å². The van der Waals surface area contributed by atoms with Gasteiger partial charge >= 0.3 is 12.1 Å². The molecule has 0 saturated heterocycles. The van der Waals surface area contributed by atoms with E-state index in [9.17, 15) is 22.8 Å². The van der Waals surface area contributed by atoms with Gasteiger partial charge in [-0.2, -0.15) is 13.2 Å². The summed E-state index contributed by atoms with van der Waals surface area (Å²) in [5.74, 6) is -2.54. The lowest BCUT2D eigenvalue weighted by Gasteiger charge is -2.26. The van der Waals surface area contributed by atoms with Gasteiger partial charge in [0.15, 0.2) is 5.76 Å². The summed E-state index contributed by atoms with van der Waals surface area (Å²) in [5, 5.41) is 8.66. The molecule has 0 bridgehead atoms. The lowest BCUT2D eigenvalue weighted by molar-refractivity contribution is -0.0957. The van der Waals surface area contributed by atoms with Gasteiger partial charge < -0.3 is 14.4 Å². The van der Waals surface area contributed by atoms with Gasteiger partial charge in [0.25, 0.3) is 5.91 Å². The minimum Gasteiger partial charge on any atom is -0.475 e. The Bertz CT molecular complexity index is 574. The molecule has 0 fully saturated rings. The molecule has 2 heterocycles. The Hall–Kier alpha value is -2.25. The van der Waals surface area contributed by atoms with Crippen LogP contribution in [0.2, 0.25) is 0 Å². The molecule has 8 heteroatoms. The van der Waals surface area contributed by atoms with Crippen LogP contribution < -0.4 is 0 Å². The second kappa shape index (κ2) is 5.03. The van der Waals surface area contributed by atoms with Gasteiger partial charge in [-0.15, -0.1) is 0 Å². The normalized spacial score (nSPS) is 15.9. The Labute approximate surface area is 111 Å². The first-order valence-electron chi connectivity index (χ1n) is 5.67. The average molecular weight is 289 g/mol. The van der Waals surface area contributed by atoms with Crippen LogP contribution in [0.1, 0.15) is 27.5 Å². The van der Waals surface area contributed by atoms with E-state index in [0.29, 0.717) is 0 Å². The SMILES string of the molecule is O=C(O)c1ccc(C(=O)N2CC=C(C(F)(F)F)CC2)o1. The minimum atomic E-state index is -4.38. The highest BCUT2D eigenvalue weighted by atomic mass is 19.4. The highest BCUT2D eigenvalue weighted by Gasteiger charge is 2.35. The summed E-state index contributed by atoms with van der Waals surface area (Å²) in [4.78, 5) is 23.7. The third-order valence-electron chi connectivity index (χ3n) is 2.89. The highest BCUT2D eigenvalue weighted by Crippen LogP contribution is 2.30. The molecule has 1 aliphatic heterocycles. The third-order valence-corrected chi connectivity index (χ3v) is 2.89. The Kier molecular flexibility index (Phi) is 3.56. The Morgan fingerprint density at radius 1 is 1.25 bits per heavy atom. The molecular formula is C12H10F3NO4. The van der Waals surface area contributed by atoms with Gasteiger partial charge in [0.2, 0.25) is 5.76 Å². The highest BCUT2D eigenvalue weighted by molar-refractivity contribution is 5.93. The van der Waals surface area contributed by atoms with Crippen molar-refractivity contribution in [1.82, 2.24) is 4.90 Å². The lowest BCUT2D eigenvalue weighted by Crippen LogP contribution is -2.36. The maximum Gasteiger partial charge on any atom is 0.412 e. The topological polar surface area (TPSA) is 70.8 Å². The van der Waals surface area contributed by atoms with E-state index in [2.05, 4.69) is 0 Å². The minimum absolute atomic E-state index is 0.0900. The number of hydrogen-bond donors (Lipinski definition) is 1. The zero-order chi connectivity index (χ0) is 14.9. The first kappa shape index (κ1) is 14.2. The van der Waals surface area contributed by atoms with Crippen molar-refractivity contribution in [2.45, 2.75) is 12.6 Å². The van der Waals surface area contributed by atoms with Gasteiger partial charge in [0.1, 0.15) is 0 Å². The lowest BCUT2D eigenvalue weighted by atomic mass is 10.1. The molecule has 1 aromatic rings. The van der Waals surface area contributed by atoms with E-state index in [0.717, 1.165) is 12.1 Å². The second-order valence-electron chi connectivity index (χ2n) is 4.20. The van der Waals surface area contributed by atoms with Gasteiger partial charge in [0.05, 0.1) is 0 Å². The summed E-state index contributed by atoms with van der Waals surface area (Å²) in [7, 11) is 0.